The second-order valence-electron chi connectivity index (χ2n) is 6.37. The Kier molecular flexibility index (Phi) is 5.83. The van der Waals surface area contributed by atoms with Crippen molar-refractivity contribution >= 4 is 29.1 Å². The van der Waals surface area contributed by atoms with E-state index in [0.717, 1.165) is 24.2 Å². The number of hydrogen-bond donors (Lipinski definition) is 1. The van der Waals surface area contributed by atoms with Crippen molar-refractivity contribution in [3.8, 4) is 5.75 Å². The molecule has 1 aromatic carbocycles. The minimum Gasteiger partial charge on any atom is -0.477 e. The van der Waals surface area contributed by atoms with Gasteiger partial charge in [0, 0.05) is 11.8 Å². The van der Waals surface area contributed by atoms with Crippen LogP contribution in [0.15, 0.2) is 36.4 Å². The molecule has 2 heterocycles. The number of carbonyl (C=O) groups is 2. The van der Waals surface area contributed by atoms with Crippen molar-refractivity contribution in [2.24, 2.45) is 0 Å². The smallest absolute Gasteiger partial charge is 0.366 e. The van der Waals surface area contributed by atoms with E-state index in [4.69, 9.17) is 4.74 Å². The molecule has 9 heteroatoms. The molecule has 0 saturated carbocycles. The number of pyridine rings is 1. The molecule has 0 atom stereocenters. The molecule has 0 fully saturated rings. The zero-order valence-electron chi connectivity index (χ0n) is 15.4. The van der Waals surface area contributed by atoms with E-state index in [0.29, 0.717) is 5.69 Å². The molecule has 1 aliphatic heterocycles. The van der Waals surface area contributed by atoms with Crippen LogP contribution in [0, 0.1) is 10.1 Å². The molecule has 0 saturated heterocycles. The number of ether oxygens (including phenoxy) is 1. The minimum atomic E-state index is -0.669. The number of nitrogens with zero attached hydrogens (tertiary/aromatic N) is 3. The maximum Gasteiger partial charge on any atom is 0.366 e. The lowest BCUT2D eigenvalue weighted by atomic mass is 10.1. The monoisotopic (exact) mass is 384 g/mol. The normalized spacial score (nSPS) is 12.9. The molecule has 0 spiro atoms. The molecule has 1 N–H and O–H groups in total. The highest BCUT2D eigenvalue weighted by molar-refractivity contribution is 6.04. The van der Waals surface area contributed by atoms with Crippen LogP contribution in [0.1, 0.15) is 25.3 Å². The molecule has 9 nitrogen and oxygen atoms in total. The van der Waals surface area contributed by atoms with Gasteiger partial charge in [-0.05, 0) is 46.5 Å². The van der Waals surface area contributed by atoms with E-state index in [2.05, 4.69) is 17.2 Å². The molecule has 146 valence electrons. The lowest BCUT2D eigenvalue weighted by molar-refractivity contribution is -0.389. The largest absolute Gasteiger partial charge is 0.477 e. The van der Waals surface area contributed by atoms with Crippen molar-refractivity contribution in [2.45, 2.75) is 26.2 Å². The number of aryl methyl sites for hydroxylation is 1. The highest BCUT2D eigenvalue weighted by Crippen LogP contribution is 2.31. The topological polar surface area (TPSA) is 115 Å². The summed E-state index contributed by atoms with van der Waals surface area (Å²) in [4.78, 5) is 39.8. The zero-order valence-corrected chi connectivity index (χ0v) is 15.4. The lowest BCUT2D eigenvalue weighted by Crippen LogP contribution is -2.44. The van der Waals surface area contributed by atoms with Gasteiger partial charge in [0.25, 0.3) is 11.7 Å². The van der Waals surface area contributed by atoms with E-state index in [1.807, 2.05) is 12.1 Å². The Morgan fingerprint density at radius 2 is 2.04 bits per heavy atom. The van der Waals surface area contributed by atoms with Crippen LogP contribution in [0.3, 0.4) is 0 Å². The van der Waals surface area contributed by atoms with Crippen LogP contribution >= 0.6 is 0 Å². The van der Waals surface area contributed by atoms with Gasteiger partial charge in [0.1, 0.15) is 6.54 Å². The third-order valence-electron chi connectivity index (χ3n) is 4.28. The summed E-state index contributed by atoms with van der Waals surface area (Å²) in [7, 11) is 0. The Balaban J connectivity index is 1.71. The van der Waals surface area contributed by atoms with E-state index >= 15 is 0 Å². The van der Waals surface area contributed by atoms with Gasteiger partial charge >= 0.3 is 5.82 Å². The summed E-state index contributed by atoms with van der Waals surface area (Å²) in [5.74, 6) is -1.17. The summed E-state index contributed by atoms with van der Waals surface area (Å²) in [6, 6.07) is 10.1. The molecule has 2 aromatic rings. The number of rotatable bonds is 7. The highest BCUT2D eigenvalue weighted by Gasteiger charge is 2.33. The first kappa shape index (κ1) is 19.3. The molecule has 0 aliphatic carbocycles. The Morgan fingerprint density at radius 3 is 2.71 bits per heavy atom. The summed E-state index contributed by atoms with van der Waals surface area (Å²) in [6.45, 7) is 1.55. The third kappa shape index (κ3) is 4.43. The number of carbonyl (C=O) groups excluding carboxylic acids is 2. The average Bonchev–Trinajstić information content (AvgIpc) is 2.69. The highest BCUT2D eigenvalue weighted by atomic mass is 16.6. The van der Waals surface area contributed by atoms with Gasteiger partial charge in [-0.3, -0.25) is 14.5 Å². The summed E-state index contributed by atoms with van der Waals surface area (Å²) in [5, 5.41) is 13.7. The number of anilines is 2. The molecule has 1 aliphatic rings. The van der Waals surface area contributed by atoms with Crippen molar-refractivity contribution in [3.05, 3.63) is 52.1 Å². The Hall–Kier alpha value is -3.49. The van der Waals surface area contributed by atoms with E-state index in [-0.39, 0.29) is 24.7 Å². The first-order valence-corrected chi connectivity index (χ1v) is 8.95. The fraction of sp³-hybridized carbons (Fsp3) is 0.316. The SMILES string of the molecule is CCCCc1ccc(NC(=O)CN2C(=O)COc3ccc([N+](=O)[O-])nc32)cc1. The van der Waals surface area contributed by atoms with Gasteiger partial charge in [-0.15, -0.1) is 0 Å². The van der Waals surface area contributed by atoms with Crippen LogP contribution in [-0.4, -0.2) is 34.9 Å². The Labute approximate surface area is 161 Å². The molecule has 28 heavy (non-hydrogen) atoms. The Morgan fingerprint density at radius 1 is 1.29 bits per heavy atom. The quantitative estimate of drug-likeness (QED) is 0.580. The zero-order chi connectivity index (χ0) is 20.1. The van der Waals surface area contributed by atoms with Crippen molar-refractivity contribution in [3.63, 3.8) is 0 Å². The number of nitro groups is 1. The molecule has 0 bridgehead atoms. The number of benzene rings is 1. The van der Waals surface area contributed by atoms with Gasteiger partial charge in [0.15, 0.2) is 12.4 Å². The molecule has 0 radical (unpaired) electrons. The van der Waals surface area contributed by atoms with Crippen LogP contribution in [0.2, 0.25) is 0 Å². The predicted molar refractivity (Wildman–Crippen MR) is 102 cm³/mol. The van der Waals surface area contributed by atoms with Crippen molar-refractivity contribution in [1.82, 2.24) is 4.98 Å². The van der Waals surface area contributed by atoms with Crippen LogP contribution in [0.25, 0.3) is 0 Å². The standard InChI is InChI=1S/C19H20N4O5/c1-2-3-4-13-5-7-14(8-6-13)20-17(24)11-22-18(25)12-28-15-9-10-16(23(26)27)21-19(15)22/h5-10H,2-4,11-12H2,1H3,(H,20,24). The maximum atomic E-state index is 12.4. The predicted octanol–water partition coefficient (Wildman–Crippen LogP) is 2.70. The number of hydrogen-bond acceptors (Lipinski definition) is 6. The summed E-state index contributed by atoms with van der Waals surface area (Å²) < 4.78 is 5.24. The van der Waals surface area contributed by atoms with E-state index in [1.165, 1.54) is 17.7 Å². The lowest BCUT2D eigenvalue weighted by Gasteiger charge is -2.24. The molecular formula is C19H20N4O5. The van der Waals surface area contributed by atoms with Crippen molar-refractivity contribution in [2.75, 3.05) is 23.4 Å². The first-order valence-electron chi connectivity index (χ1n) is 8.95. The van der Waals surface area contributed by atoms with Gasteiger partial charge < -0.3 is 20.2 Å². The second kappa shape index (κ2) is 8.47. The van der Waals surface area contributed by atoms with Gasteiger partial charge in [-0.2, -0.15) is 0 Å². The van der Waals surface area contributed by atoms with Crippen molar-refractivity contribution in [1.29, 1.82) is 0 Å². The average molecular weight is 384 g/mol. The van der Waals surface area contributed by atoms with Crippen LogP contribution in [-0.2, 0) is 16.0 Å². The summed E-state index contributed by atoms with van der Waals surface area (Å²) in [5.41, 5.74) is 1.80. The Bertz CT molecular complexity index is 898. The van der Waals surface area contributed by atoms with Crippen molar-refractivity contribution < 1.29 is 19.2 Å². The van der Waals surface area contributed by atoms with Crippen LogP contribution in [0.4, 0.5) is 17.3 Å². The van der Waals surface area contributed by atoms with Gasteiger partial charge in [0.05, 0.1) is 0 Å². The number of nitrogens with one attached hydrogen (secondary N) is 1. The fourth-order valence-electron chi connectivity index (χ4n) is 2.81. The van der Waals surface area contributed by atoms with Gasteiger partial charge in [0.2, 0.25) is 5.91 Å². The minimum absolute atomic E-state index is 0.0319. The van der Waals surface area contributed by atoms with Gasteiger partial charge in [-0.25, -0.2) is 0 Å². The third-order valence-corrected chi connectivity index (χ3v) is 4.28. The number of fused-ring (bicyclic) bond motifs is 1. The fourth-order valence-corrected chi connectivity index (χ4v) is 2.81. The first-order chi connectivity index (χ1) is 13.5. The maximum absolute atomic E-state index is 12.4. The number of aromatic nitrogens is 1. The second-order valence-corrected chi connectivity index (χ2v) is 6.37. The van der Waals surface area contributed by atoms with E-state index < -0.39 is 22.6 Å². The molecular weight excluding hydrogens is 364 g/mol. The summed E-state index contributed by atoms with van der Waals surface area (Å²) >= 11 is 0. The number of unbranched alkanes of at least 4 members (excludes halogenated alkanes) is 1. The van der Waals surface area contributed by atoms with E-state index in [9.17, 15) is 19.7 Å². The van der Waals surface area contributed by atoms with Gasteiger partial charge in [-0.1, -0.05) is 25.5 Å². The molecule has 3 rings (SSSR count). The molecule has 2 amide bonds. The number of amides is 2. The van der Waals surface area contributed by atoms with Crippen LogP contribution in [0.5, 0.6) is 5.75 Å². The molecule has 1 aromatic heterocycles. The van der Waals surface area contributed by atoms with Crippen LogP contribution < -0.4 is 15.0 Å². The van der Waals surface area contributed by atoms with E-state index in [1.54, 1.807) is 12.1 Å². The molecule has 0 unspecified atom stereocenters. The summed E-state index contributed by atoms with van der Waals surface area (Å²) in [6.07, 6.45) is 3.19.